The van der Waals surface area contributed by atoms with Crippen molar-refractivity contribution in [3.63, 3.8) is 0 Å². The third-order valence-electron chi connectivity index (χ3n) is 4.71. The minimum Gasteiger partial charge on any atom is -0.340 e. The van der Waals surface area contributed by atoms with Gasteiger partial charge in [0.05, 0.1) is 10.8 Å². The van der Waals surface area contributed by atoms with E-state index in [1.807, 2.05) is 13.0 Å². The molecule has 0 bridgehead atoms. The van der Waals surface area contributed by atoms with Gasteiger partial charge in [0.15, 0.2) is 0 Å². The molecular formula is C21H22FN3OS. The summed E-state index contributed by atoms with van der Waals surface area (Å²) in [6, 6.07) is 10.4. The number of rotatable bonds is 5. The average Bonchev–Trinajstić information content (AvgIpc) is 2.66. The number of amides is 1. The largest absolute Gasteiger partial charge is 0.340 e. The molecule has 1 heterocycles. The van der Waals surface area contributed by atoms with Crippen molar-refractivity contribution in [2.45, 2.75) is 49.4 Å². The second-order valence-electron chi connectivity index (χ2n) is 6.85. The fourth-order valence-electron chi connectivity index (χ4n) is 3.30. The van der Waals surface area contributed by atoms with Gasteiger partial charge in [-0.3, -0.25) is 4.79 Å². The summed E-state index contributed by atoms with van der Waals surface area (Å²) in [5.74, 6) is -0.389. The SMILES string of the molecule is CC(Sc1nc2c(cc1C#N)CCCC2)C(=O)N(C)Cc1cccc(F)c1. The van der Waals surface area contributed by atoms with Gasteiger partial charge in [0.25, 0.3) is 0 Å². The van der Waals surface area contributed by atoms with Crippen molar-refractivity contribution in [1.29, 1.82) is 5.26 Å². The predicted octanol–water partition coefficient (Wildman–Crippen LogP) is 4.11. The molecule has 0 spiro atoms. The summed E-state index contributed by atoms with van der Waals surface area (Å²) in [7, 11) is 1.70. The Bertz CT molecular complexity index is 893. The highest BCUT2D eigenvalue weighted by Gasteiger charge is 2.23. The molecule has 0 radical (unpaired) electrons. The second-order valence-corrected chi connectivity index (χ2v) is 8.18. The van der Waals surface area contributed by atoms with Crippen LogP contribution >= 0.6 is 11.8 Å². The fraction of sp³-hybridized carbons (Fsp3) is 0.381. The lowest BCUT2D eigenvalue weighted by Crippen LogP contribution is -2.33. The number of aryl methyl sites for hydroxylation is 2. The third-order valence-corrected chi connectivity index (χ3v) is 5.80. The van der Waals surface area contributed by atoms with E-state index in [-0.39, 0.29) is 17.0 Å². The molecule has 0 N–H and O–H groups in total. The van der Waals surface area contributed by atoms with Gasteiger partial charge in [0, 0.05) is 19.3 Å². The van der Waals surface area contributed by atoms with Crippen molar-refractivity contribution >= 4 is 17.7 Å². The Morgan fingerprint density at radius 2 is 2.15 bits per heavy atom. The van der Waals surface area contributed by atoms with E-state index in [1.165, 1.54) is 23.9 Å². The highest BCUT2D eigenvalue weighted by molar-refractivity contribution is 8.00. The maximum Gasteiger partial charge on any atom is 0.235 e. The van der Waals surface area contributed by atoms with E-state index < -0.39 is 0 Å². The number of thioether (sulfide) groups is 1. The Kier molecular flexibility index (Phi) is 6.12. The zero-order valence-electron chi connectivity index (χ0n) is 15.5. The van der Waals surface area contributed by atoms with Crippen LogP contribution in [0.3, 0.4) is 0 Å². The van der Waals surface area contributed by atoms with Crippen LogP contribution < -0.4 is 0 Å². The summed E-state index contributed by atoms with van der Waals surface area (Å²) >= 11 is 1.32. The first-order valence-electron chi connectivity index (χ1n) is 9.07. The number of carbonyl (C=O) groups excluding carboxylic acids is 1. The fourth-order valence-corrected chi connectivity index (χ4v) is 4.31. The molecule has 1 aromatic carbocycles. The first kappa shape index (κ1) is 19.4. The monoisotopic (exact) mass is 383 g/mol. The lowest BCUT2D eigenvalue weighted by atomic mass is 9.95. The molecule has 1 atom stereocenters. The van der Waals surface area contributed by atoms with Crippen LogP contribution in [0.4, 0.5) is 4.39 Å². The standard InChI is InChI=1S/C21H22FN3OS/c1-14(21(26)25(2)13-15-6-5-8-18(22)10-15)27-20-17(12-23)11-16-7-3-4-9-19(16)24-20/h5-6,8,10-11,14H,3-4,7,9,13H2,1-2H3. The zero-order chi connectivity index (χ0) is 19.4. The van der Waals surface area contributed by atoms with Gasteiger partial charge in [-0.2, -0.15) is 5.26 Å². The summed E-state index contributed by atoms with van der Waals surface area (Å²) in [5, 5.41) is 9.71. The molecule has 2 aromatic rings. The summed E-state index contributed by atoms with van der Waals surface area (Å²) in [5.41, 5.74) is 3.49. The van der Waals surface area contributed by atoms with Crippen LogP contribution in [0.1, 0.15) is 42.1 Å². The average molecular weight is 383 g/mol. The van der Waals surface area contributed by atoms with E-state index in [4.69, 9.17) is 0 Å². The number of fused-ring (bicyclic) bond motifs is 1. The molecule has 1 aliphatic rings. The first-order chi connectivity index (χ1) is 13.0. The molecule has 0 saturated heterocycles. The highest BCUT2D eigenvalue weighted by Crippen LogP contribution is 2.30. The molecule has 3 rings (SSSR count). The van der Waals surface area contributed by atoms with Crippen LogP contribution in [0, 0.1) is 17.1 Å². The Morgan fingerprint density at radius 3 is 2.89 bits per heavy atom. The van der Waals surface area contributed by atoms with Gasteiger partial charge in [-0.05, 0) is 61.9 Å². The molecule has 140 valence electrons. The zero-order valence-corrected chi connectivity index (χ0v) is 16.4. The van der Waals surface area contributed by atoms with Crippen molar-refractivity contribution in [3.05, 3.63) is 58.5 Å². The first-order valence-corrected chi connectivity index (χ1v) is 9.95. The Morgan fingerprint density at radius 1 is 1.37 bits per heavy atom. The van der Waals surface area contributed by atoms with Gasteiger partial charge in [-0.15, -0.1) is 0 Å². The maximum atomic E-state index is 13.3. The van der Waals surface area contributed by atoms with Gasteiger partial charge < -0.3 is 4.90 Å². The molecule has 1 unspecified atom stereocenters. The lowest BCUT2D eigenvalue weighted by molar-refractivity contribution is -0.129. The normalized spacial score (nSPS) is 14.1. The van der Waals surface area contributed by atoms with Crippen molar-refractivity contribution in [3.8, 4) is 6.07 Å². The van der Waals surface area contributed by atoms with Gasteiger partial charge in [-0.1, -0.05) is 23.9 Å². The van der Waals surface area contributed by atoms with Gasteiger partial charge in [0.1, 0.15) is 16.9 Å². The summed E-state index contributed by atoms with van der Waals surface area (Å²) < 4.78 is 13.3. The molecular weight excluding hydrogens is 361 g/mol. The van der Waals surface area contributed by atoms with E-state index in [2.05, 4.69) is 11.1 Å². The molecule has 0 aliphatic heterocycles. The molecule has 0 fully saturated rings. The van der Waals surface area contributed by atoms with Crippen molar-refractivity contribution in [2.75, 3.05) is 7.05 Å². The van der Waals surface area contributed by atoms with Crippen molar-refractivity contribution in [1.82, 2.24) is 9.88 Å². The van der Waals surface area contributed by atoms with Crippen LogP contribution in [0.5, 0.6) is 0 Å². The number of benzene rings is 1. The van der Waals surface area contributed by atoms with E-state index in [1.54, 1.807) is 24.1 Å². The molecule has 1 amide bonds. The molecule has 6 heteroatoms. The van der Waals surface area contributed by atoms with Crippen molar-refractivity contribution in [2.24, 2.45) is 0 Å². The molecule has 1 aliphatic carbocycles. The predicted molar refractivity (Wildman–Crippen MR) is 104 cm³/mol. The minimum atomic E-state index is -0.384. The minimum absolute atomic E-state index is 0.0762. The molecule has 4 nitrogen and oxygen atoms in total. The summed E-state index contributed by atoms with van der Waals surface area (Å²) in [6.45, 7) is 2.15. The van der Waals surface area contributed by atoms with E-state index in [0.717, 1.165) is 42.5 Å². The Hall–Kier alpha value is -2.39. The third kappa shape index (κ3) is 4.67. The Labute approximate surface area is 163 Å². The number of hydrogen-bond donors (Lipinski definition) is 0. The number of pyridine rings is 1. The van der Waals surface area contributed by atoms with E-state index in [9.17, 15) is 14.4 Å². The number of hydrogen-bond acceptors (Lipinski definition) is 4. The number of halogens is 1. The van der Waals surface area contributed by atoms with E-state index >= 15 is 0 Å². The second kappa shape index (κ2) is 8.53. The quantitative estimate of drug-likeness (QED) is 0.729. The molecule has 1 aromatic heterocycles. The van der Waals surface area contributed by atoms with Crippen LogP contribution in [-0.2, 0) is 24.2 Å². The van der Waals surface area contributed by atoms with Gasteiger partial charge >= 0.3 is 0 Å². The number of nitriles is 1. The number of nitrogens with zero attached hydrogens (tertiary/aromatic N) is 3. The van der Waals surface area contributed by atoms with E-state index in [0.29, 0.717) is 17.1 Å². The lowest BCUT2D eigenvalue weighted by Gasteiger charge is -2.22. The van der Waals surface area contributed by atoms with Crippen LogP contribution in [-0.4, -0.2) is 28.1 Å². The van der Waals surface area contributed by atoms with Gasteiger partial charge in [0.2, 0.25) is 5.91 Å². The summed E-state index contributed by atoms with van der Waals surface area (Å²) in [4.78, 5) is 19.0. The summed E-state index contributed by atoms with van der Waals surface area (Å²) in [6.07, 6.45) is 4.13. The number of carbonyl (C=O) groups is 1. The molecule has 27 heavy (non-hydrogen) atoms. The smallest absolute Gasteiger partial charge is 0.235 e. The number of aromatic nitrogens is 1. The topological polar surface area (TPSA) is 57.0 Å². The highest BCUT2D eigenvalue weighted by atomic mass is 32.2. The Balaban J connectivity index is 1.71. The van der Waals surface area contributed by atoms with Crippen LogP contribution in [0.2, 0.25) is 0 Å². The van der Waals surface area contributed by atoms with Crippen LogP contribution in [0.25, 0.3) is 0 Å². The van der Waals surface area contributed by atoms with Gasteiger partial charge in [-0.25, -0.2) is 9.37 Å². The van der Waals surface area contributed by atoms with Crippen molar-refractivity contribution < 1.29 is 9.18 Å². The molecule has 0 saturated carbocycles. The maximum absolute atomic E-state index is 13.3. The van der Waals surface area contributed by atoms with Crippen LogP contribution in [0.15, 0.2) is 35.4 Å².